The summed E-state index contributed by atoms with van der Waals surface area (Å²) in [7, 11) is 0. The van der Waals surface area contributed by atoms with Gasteiger partial charge in [-0.05, 0) is 13.0 Å². The first-order valence-corrected chi connectivity index (χ1v) is 5.11. The summed E-state index contributed by atoms with van der Waals surface area (Å²) in [5.41, 5.74) is 0.957. The number of rotatable bonds is 6. The Kier molecular flexibility index (Phi) is 5.33. The Morgan fingerprint density at radius 1 is 1.43 bits per heavy atom. The summed E-state index contributed by atoms with van der Waals surface area (Å²) >= 11 is 5.73. The molecule has 0 amide bonds. The fraction of sp³-hybridized carbons (Fsp3) is 0.500. The molecule has 1 heterocycles. The van der Waals surface area contributed by atoms with Crippen LogP contribution < -0.4 is 4.74 Å². The lowest BCUT2D eigenvalue weighted by Crippen LogP contribution is -2.07. The highest BCUT2D eigenvalue weighted by atomic mass is 35.5. The molecule has 0 bridgehead atoms. The van der Waals surface area contributed by atoms with Crippen LogP contribution >= 0.6 is 11.6 Å². The van der Waals surface area contributed by atoms with Crippen LogP contribution in [0.2, 0.25) is 0 Å². The van der Waals surface area contributed by atoms with E-state index in [2.05, 4.69) is 4.98 Å². The van der Waals surface area contributed by atoms with Crippen molar-refractivity contribution in [1.82, 2.24) is 4.98 Å². The van der Waals surface area contributed by atoms with Gasteiger partial charge in [0.05, 0.1) is 18.7 Å². The van der Waals surface area contributed by atoms with Crippen LogP contribution in [0.5, 0.6) is 5.75 Å². The van der Waals surface area contributed by atoms with Crippen LogP contribution in [0, 0.1) is 0 Å². The molecule has 0 spiro atoms. The van der Waals surface area contributed by atoms with Crippen LogP contribution in [0.15, 0.2) is 18.5 Å². The molecule has 0 saturated carbocycles. The van der Waals surface area contributed by atoms with Crippen molar-refractivity contribution in [2.45, 2.75) is 12.8 Å². The lowest BCUT2D eigenvalue weighted by molar-refractivity contribution is 0.110. The van der Waals surface area contributed by atoms with Crippen molar-refractivity contribution in [2.24, 2.45) is 0 Å². The van der Waals surface area contributed by atoms with Crippen LogP contribution in [0.3, 0.4) is 0 Å². The quantitative estimate of drug-likeness (QED) is 0.539. The highest BCUT2D eigenvalue weighted by Gasteiger charge is 2.01. The number of pyridine rings is 1. The Morgan fingerprint density at radius 2 is 2.29 bits per heavy atom. The van der Waals surface area contributed by atoms with Crippen molar-refractivity contribution in [3.8, 4) is 5.75 Å². The molecule has 0 saturated heterocycles. The van der Waals surface area contributed by atoms with Crippen molar-refractivity contribution >= 4 is 11.6 Å². The number of nitrogens with zero attached hydrogens (tertiary/aromatic N) is 1. The normalized spacial score (nSPS) is 10.1. The van der Waals surface area contributed by atoms with Crippen molar-refractivity contribution in [3.63, 3.8) is 0 Å². The third-order valence-electron chi connectivity index (χ3n) is 1.70. The van der Waals surface area contributed by atoms with E-state index in [9.17, 15) is 0 Å². The predicted molar refractivity (Wildman–Crippen MR) is 55.8 cm³/mol. The summed E-state index contributed by atoms with van der Waals surface area (Å²) in [6, 6.07) is 1.85. The molecule has 0 N–H and O–H groups in total. The molecule has 0 aliphatic rings. The van der Waals surface area contributed by atoms with Crippen molar-refractivity contribution in [2.75, 3.05) is 19.8 Å². The zero-order valence-electron chi connectivity index (χ0n) is 8.20. The predicted octanol–water partition coefficient (Wildman–Crippen LogP) is 2.24. The summed E-state index contributed by atoms with van der Waals surface area (Å²) in [6.07, 6.45) is 3.37. The van der Waals surface area contributed by atoms with Gasteiger partial charge in [-0.3, -0.25) is 4.98 Å². The van der Waals surface area contributed by atoms with Gasteiger partial charge in [0.2, 0.25) is 0 Å². The highest BCUT2D eigenvalue weighted by Crippen LogP contribution is 2.17. The Balaban J connectivity index is 2.41. The third kappa shape index (κ3) is 3.52. The lowest BCUT2D eigenvalue weighted by atomic mass is 10.3. The number of halogens is 1. The molecule has 4 heteroatoms. The molecule has 0 unspecified atom stereocenters. The second kappa shape index (κ2) is 6.62. The minimum absolute atomic E-state index is 0.437. The first-order chi connectivity index (χ1) is 6.88. The first kappa shape index (κ1) is 11.3. The molecule has 0 aliphatic heterocycles. The Morgan fingerprint density at radius 3 is 3.00 bits per heavy atom. The SMILES string of the molecule is CCOCCOc1cnccc1CCl. The highest BCUT2D eigenvalue weighted by molar-refractivity contribution is 6.17. The number of hydrogen-bond donors (Lipinski definition) is 0. The van der Waals surface area contributed by atoms with Gasteiger partial charge in [-0.25, -0.2) is 0 Å². The standard InChI is InChI=1S/C10H14ClNO2/c1-2-13-5-6-14-10-8-12-4-3-9(10)7-11/h3-4,8H,2,5-7H2,1H3. The fourth-order valence-corrected chi connectivity index (χ4v) is 1.22. The van der Waals surface area contributed by atoms with Gasteiger partial charge in [-0.2, -0.15) is 0 Å². The molecule has 0 radical (unpaired) electrons. The van der Waals surface area contributed by atoms with Crippen molar-refractivity contribution in [3.05, 3.63) is 24.0 Å². The molecule has 0 fully saturated rings. The van der Waals surface area contributed by atoms with Gasteiger partial charge >= 0.3 is 0 Å². The molecule has 1 aromatic rings. The molecule has 3 nitrogen and oxygen atoms in total. The maximum absolute atomic E-state index is 5.73. The summed E-state index contributed by atoms with van der Waals surface area (Å²) in [6.45, 7) is 3.78. The monoisotopic (exact) mass is 215 g/mol. The maximum atomic E-state index is 5.73. The van der Waals surface area contributed by atoms with E-state index in [0.717, 1.165) is 11.3 Å². The molecular formula is C10H14ClNO2. The number of aromatic nitrogens is 1. The maximum Gasteiger partial charge on any atom is 0.142 e. The summed E-state index contributed by atoms with van der Waals surface area (Å²) in [5, 5.41) is 0. The topological polar surface area (TPSA) is 31.4 Å². The lowest BCUT2D eigenvalue weighted by Gasteiger charge is -2.08. The minimum Gasteiger partial charge on any atom is -0.489 e. The van der Waals surface area contributed by atoms with Gasteiger partial charge in [0.25, 0.3) is 0 Å². The average Bonchev–Trinajstić information content (AvgIpc) is 2.25. The average molecular weight is 216 g/mol. The van der Waals surface area contributed by atoms with Gasteiger partial charge in [0.1, 0.15) is 12.4 Å². The van der Waals surface area contributed by atoms with Crippen molar-refractivity contribution < 1.29 is 9.47 Å². The summed E-state index contributed by atoms with van der Waals surface area (Å²) in [4.78, 5) is 3.97. The van der Waals surface area contributed by atoms with Gasteiger partial charge in [-0.1, -0.05) is 0 Å². The fourth-order valence-electron chi connectivity index (χ4n) is 1.00. The van der Waals surface area contributed by atoms with E-state index < -0.39 is 0 Å². The Bertz CT molecular complexity index is 268. The van der Waals surface area contributed by atoms with E-state index in [-0.39, 0.29) is 0 Å². The van der Waals surface area contributed by atoms with E-state index in [1.54, 1.807) is 12.4 Å². The van der Waals surface area contributed by atoms with Crippen LogP contribution in [-0.2, 0) is 10.6 Å². The zero-order valence-corrected chi connectivity index (χ0v) is 8.96. The summed E-state index contributed by atoms with van der Waals surface area (Å²) < 4.78 is 10.6. The van der Waals surface area contributed by atoms with Gasteiger partial charge in [0, 0.05) is 18.4 Å². The minimum atomic E-state index is 0.437. The molecule has 14 heavy (non-hydrogen) atoms. The second-order valence-electron chi connectivity index (χ2n) is 2.66. The molecule has 78 valence electrons. The van der Waals surface area contributed by atoms with Crippen molar-refractivity contribution in [1.29, 1.82) is 0 Å². The van der Waals surface area contributed by atoms with Gasteiger partial charge in [-0.15, -0.1) is 11.6 Å². The Labute approximate surface area is 89.0 Å². The van der Waals surface area contributed by atoms with Crippen LogP contribution in [0.1, 0.15) is 12.5 Å². The Hall–Kier alpha value is -0.800. The molecular weight excluding hydrogens is 202 g/mol. The number of ether oxygens (including phenoxy) is 2. The first-order valence-electron chi connectivity index (χ1n) is 4.58. The second-order valence-corrected chi connectivity index (χ2v) is 2.93. The van der Waals surface area contributed by atoms with E-state index in [1.165, 1.54) is 0 Å². The molecule has 1 rings (SSSR count). The number of alkyl halides is 1. The number of hydrogen-bond acceptors (Lipinski definition) is 3. The van der Waals surface area contributed by atoms with Crippen LogP contribution in [0.4, 0.5) is 0 Å². The summed E-state index contributed by atoms with van der Waals surface area (Å²) in [5.74, 6) is 1.18. The largest absolute Gasteiger partial charge is 0.489 e. The molecule has 0 aliphatic carbocycles. The molecule has 0 atom stereocenters. The van der Waals surface area contributed by atoms with E-state index in [0.29, 0.717) is 25.7 Å². The van der Waals surface area contributed by atoms with Gasteiger partial charge < -0.3 is 9.47 Å². The van der Waals surface area contributed by atoms with E-state index in [4.69, 9.17) is 21.1 Å². The van der Waals surface area contributed by atoms with Crippen LogP contribution in [0.25, 0.3) is 0 Å². The smallest absolute Gasteiger partial charge is 0.142 e. The van der Waals surface area contributed by atoms with E-state index in [1.807, 2.05) is 13.0 Å². The van der Waals surface area contributed by atoms with Gasteiger partial charge in [0.15, 0.2) is 0 Å². The van der Waals surface area contributed by atoms with Crippen LogP contribution in [-0.4, -0.2) is 24.8 Å². The van der Waals surface area contributed by atoms with E-state index >= 15 is 0 Å². The molecule has 0 aromatic carbocycles. The molecule has 1 aromatic heterocycles. The third-order valence-corrected chi connectivity index (χ3v) is 1.99. The zero-order chi connectivity index (χ0) is 10.2.